The van der Waals surface area contributed by atoms with Gasteiger partial charge in [0.15, 0.2) is 5.65 Å². The summed E-state index contributed by atoms with van der Waals surface area (Å²) in [7, 11) is 0. The van der Waals surface area contributed by atoms with E-state index >= 15 is 0 Å². The fraction of sp³-hybridized carbons (Fsp3) is 0.500. The molecule has 23 heavy (non-hydrogen) atoms. The molecule has 7 heteroatoms. The number of hydrogen-bond acceptors (Lipinski definition) is 4. The van der Waals surface area contributed by atoms with Crippen LogP contribution in [0.3, 0.4) is 0 Å². The molecule has 1 fully saturated rings. The van der Waals surface area contributed by atoms with Gasteiger partial charge in [0.2, 0.25) is 0 Å². The first-order valence-electron chi connectivity index (χ1n) is 7.76. The molecule has 2 aromatic rings. The Hall–Kier alpha value is -2.44. The average molecular weight is 316 g/mol. The fourth-order valence-electron chi connectivity index (χ4n) is 3.38. The molecule has 0 radical (unpaired) electrons. The highest BCUT2D eigenvalue weighted by Crippen LogP contribution is 2.28. The van der Waals surface area contributed by atoms with E-state index in [4.69, 9.17) is 0 Å². The van der Waals surface area contributed by atoms with Gasteiger partial charge in [0, 0.05) is 24.0 Å². The van der Waals surface area contributed by atoms with Crippen LogP contribution < -0.4 is 0 Å². The summed E-state index contributed by atoms with van der Waals surface area (Å²) in [5, 5.41) is 17.0. The largest absolute Gasteiger partial charge is 0.481 e. The van der Waals surface area contributed by atoms with Gasteiger partial charge in [-0.3, -0.25) is 14.7 Å². The number of nitrogens with zero attached hydrogens (tertiary/aromatic N) is 3. The van der Waals surface area contributed by atoms with Gasteiger partial charge in [0.1, 0.15) is 0 Å². The van der Waals surface area contributed by atoms with Crippen LogP contribution in [0.15, 0.2) is 6.07 Å². The summed E-state index contributed by atoms with van der Waals surface area (Å²) in [5.41, 5.74) is 2.56. The maximum atomic E-state index is 13.1. The van der Waals surface area contributed by atoms with E-state index in [2.05, 4.69) is 15.2 Å². The quantitative estimate of drug-likeness (QED) is 0.881. The molecular weight excluding hydrogens is 296 g/mol. The number of rotatable bonds is 2. The molecule has 2 aromatic heterocycles. The number of hydrogen-bond donors (Lipinski definition) is 2. The second-order valence-electron chi connectivity index (χ2n) is 6.18. The van der Waals surface area contributed by atoms with Gasteiger partial charge in [-0.25, -0.2) is 4.98 Å². The Kier molecular flexibility index (Phi) is 3.79. The Bertz CT molecular complexity index is 783. The van der Waals surface area contributed by atoms with Crippen molar-refractivity contribution in [1.29, 1.82) is 0 Å². The van der Waals surface area contributed by atoms with Crippen molar-refractivity contribution in [1.82, 2.24) is 20.1 Å². The van der Waals surface area contributed by atoms with E-state index in [1.807, 2.05) is 20.8 Å². The Morgan fingerprint density at radius 3 is 2.83 bits per heavy atom. The van der Waals surface area contributed by atoms with Crippen LogP contribution in [-0.4, -0.2) is 49.7 Å². The minimum atomic E-state index is -0.842. The summed E-state index contributed by atoms with van der Waals surface area (Å²) in [5.74, 6) is -1.51. The summed E-state index contributed by atoms with van der Waals surface area (Å²) in [6.45, 7) is 6.05. The lowest BCUT2D eigenvalue weighted by molar-refractivity contribution is -0.144. The van der Waals surface area contributed by atoms with Gasteiger partial charge in [0.25, 0.3) is 5.91 Å². The Morgan fingerprint density at radius 2 is 2.13 bits per heavy atom. The summed E-state index contributed by atoms with van der Waals surface area (Å²) < 4.78 is 0. The highest BCUT2D eigenvalue weighted by molar-refractivity contribution is 6.06. The van der Waals surface area contributed by atoms with Gasteiger partial charge in [-0.15, -0.1) is 0 Å². The molecule has 0 aromatic carbocycles. The topological polar surface area (TPSA) is 99.2 Å². The molecule has 2 N–H and O–H groups in total. The minimum Gasteiger partial charge on any atom is -0.481 e. The van der Waals surface area contributed by atoms with Gasteiger partial charge in [0.05, 0.1) is 16.9 Å². The molecule has 1 aliphatic heterocycles. The van der Waals surface area contributed by atoms with Crippen molar-refractivity contribution in [2.45, 2.75) is 39.7 Å². The average Bonchev–Trinajstić information content (AvgIpc) is 2.87. The molecule has 3 rings (SSSR count). The number of carboxylic acid groups (broad SMARTS) is 1. The predicted molar refractivity (Wildman–Crippen MR) is 84.2 cm³/mol. The second-order valence-corrected chi connectivity index (χ2v) is 6.18. The first kappa shape index (κ1) is 15.5. The van der Waals surface area contributed by atoms with Crippen molar-refractivity contribution < 1.29 is 14.7 Å². The van der Waals surface area contributed by atoms with Crippen LogP contribution in [0, 0.1) is 19.8 Å². The molecule has 0 unspecified atom stereocenters. The van der Waals surface area contributed by atoms with E-state index in [9.17, 15) is 14.7 Å². The van der Waals surface area contributed by atoms with E-state index < -0.39 is 11.9 Å². The monoisotopic (exact) mass is 316 g/mol. The van der Waals surface area contributed by atoms with Crippen molar-refractivity contribution in [3.8, 4) is 0 Å². The first-order chi connectivity index (χ1) is 10.9. The smallest absolute Gasteiger partial charge is 0.308 e. The molecule has 0 aliphatic carbocycles. The van der Waals surface area contributed by atoms with Crippen molar-refractivity contribution in [3.05, 3.63) is 23.0 Å². The highest BCUT2D eigenvalue weighted by Gasteiger charge is 2.36. The first-order valence-corrected chi connectivity index (χ1v) is 7.76. The number of carbonyl (C=O) groups is 2. The number of aryl methyl sites for hydroxylation is 2. The normalized spacial score (nSPS) is 21.6. The SMILES string of the molecule is Cc1cc(C(=O)N2CCC[C@@H](C(=O)O)[C@H]2C)c2c(C)[nH]nc2n1. The van der Waals surface area contributed by atoms with Crippen molar-refractivity contribution >= 4 is 22.9 Å². The number of aromatic nitrogens is 3. The summed E-state index contributed by atoms with van der Waals surface area (Å²) in [6, 6.07) is 1.43. The number of likely N-dealkylation sites (tertiary alicyclic amines) is 1. The maximum Gasteiger partial charge on any atom is 0.308 e. The number of H-pyrrole nitrogens is 1. The number of fused-ring (bicyclic) bond motifs is 1. The molecule has 7 nitrogen and oxygen atoms in total. The molecule has 1 saturated heterocycles. The number of nitrogens with one attached hydrogen (secondary N) is 1. The number of aliphatic carboxylic acids is 1. The van der Waals surface area contributed by atoms with Crippen LogP contribution in [0.4, 0.5) is 0 Å². The maximum absolute atomic E-state index is 13.1. The van der Waals surface area contributed by atoms with Crippen LogP contribution in [0.25, 0.3) is 11.0 Å². The van der Waals surface area contributed by atoms with E-state index in [0.717, 1.165) is 5.69 Å². The number of carbonyl (C=O) groups excluding carboxylic acids is 1. The summed E-state index contributed by atoms with van der Waals surface area (Å²) in [6.07, 6.45) is 1.31. The Morgan fingerprint density at radius 1 is 1.39 bits per heavy atom. The second kappa shape index (κ2) is 5.64. The molecular formula is C16H20N4O3. The van der Waals surface area contributed by atoms with Gasteiger partial charge in [-0.2, -0.15) is 5.10 Å². The fourth-order valence-corrected chi connectivity index (χ4v) is 3.38. The lowest BCUT2D eigenvalue weighted by Gasteiger charge is -2.37. The Labute approximate surface area is 133 Å². The zero-order valence-corrected chi connectivity index (χ0v) is 13.5. The van der Waals surface area contributed by atoms with Crippen molar-refractivity contribution in [3.63, 3.8) is 0 Å². The van der Waals surface area contributed by atoms with Crippen LogP contribution in [0.1, 0.15) is 41.5 Å². The summed E-state index contributed by atoms with van der Waals surface area (Å²) >= 11 is 0. The molecule has 0 saturated carbocycles. The number of piperidine rings is 1. The third-order valence-electron chi connectivity index (χ3n) is 4.63. The number of aromatic amines is 1. The third kappa shape index (κ3) is 2.56. The minimum absolute atomic E-state index is 0.150. The Balaban J connectivity index is 2.03. The van der Waals surface area contributed by atoms with Gasteiger partial charge >= 0.3 is 5.97 Å². The summed E-state index contributed by atoms with van der Waals surface area (Å²) in [4.78, 5) is 30.5. The van der Waals surface area contributed by atoms with E-state index in [1.54, 1.807) is 11.0 Å². The zero-order valence-electron chi connectivity index (χ0n) is 13.5. The molecule has 1 aliphatic rings. The van der Waals surface area contributed by atoms with E-state index in [1.165, 1.54) is 0 Å². The van der Waals surface area contributed by atoms with Crippen molar-refractivity contribution in [2.75, 3.05) is 6.54 Å². The number of carboxylic acids is 1. The van der Waals surface area contributed by atoms with E-state index in [-0.39, 0.29) is 11.9 Å². The molecule has 2 atom stereocenters. The van der Waals surface area contributed by atoms with Crippen LogP contribution in [0.5, 0.6) is 0 Å². The van der Waals surface area contributed by atoms with Gasteiger partial charge in [-0.05, 0) is 39.7 Å². The zero-order chi connectivity index (χ0) is 16.7. The lowest BCUT2D eigenvalue weighted by Crippen LogP contribution is -2.49. The number of pyridine rings is 1. The third-order valence-corrected chi connectivity index (χ3v) is 4.63. The molecule has 1 amide bonds. The van der Waals surface area contributed by atoms with Gasteiger partial charge in [-0.1, -0.05) is 0 Å². The highest BCUT2D eigenvalue weighted by atomic mass is 16.4. The standard InChI is InChI=1S/C16H20N4O3/c1-8-7-12(13-9(2)18-19-14(13)17-8)15(21)20-6-4-5-11(10(20)3)16(22)23/h7,10-11H,4-6H2,1-3H3,(H,22,23)(H,17,18,19)/t10-,11-/m1/s1. The number of amides is 1. The molecule has 0 bridgehead atoms. The molecule has 3 heterocycles. The predicted octanol–water partition coefficient (Wildman–Crippen LogP) is 1.90. The molecule has 0 spiro atoms. The van der Waals surface area contributed by atoms with E-state index in [0.29, 0.717) is 41.7 Å². The van der Waals surface area contributed by atoms with Crippen LogP contribution in [0.2, 0.25) is 0 Å². The lowest BCUT2D eigenvalue weighted by atomic mass is 9.89. The van der Waals surface area contributed by atoms with Crippen LogP contribution in [-0.2, 0) is 4.79 Å². The van der Waals surface area contributed by atoms with Crippen LogP contribution >= 0.6 is 0 Å². The van der Waals surface area contributed by atoms with Gasteiger partial charge < -0.3 is 10.0 Å². The molecule has 122 valence electrons. The van der Waals surface area contributed by atoms with Crippen molar-refractivity contribution in [2.24, 2.45) is 5.92 Å².